The van der Waals surface area contributed by atoms with E-state index in [0.717, 1.165) is 35.6 Å². The number of amides is 2. The van der Waals surface area contributed by atoms with Gasteiger partial charge in [0.15, 0.2) is 11.8 Å². The van der Waals surface area contributed by atoms with E-state index >= 15 is 0 Å². The number of carbonyl (C=O) groups is 2. The quantitative estimate of drug-likeness (QED) is 0.180. The molecule has 2 amide bonds. The fourth-order valence-electron chi connectivity index (χ4n) is 6.34. The van der Waals surface area contributed by atoms with Gasteiger partial charge < -0.3 is 10.2 Å². The minimum absolute atomic E-state index is 0.0532. The molecule has 2 aromatic carbocycles. The Morgan fingerprint density at radius 2 is 1.78 bits per heavy atom. The summed E-state index contributed by atoms with van der Waals surface area (Å²) >= 11 is 0. The van der Waals surface area contributed by atoms with Gasteiger partial charge in [0.25, 0.3) is 11.8 Å². The Balaban J connectivity index is 1.26. The number of guanidine groups is 1. The molecule has 0 unspecified atom stereocenters. The number of nitrogens with zero attached hydrogens (tertiary/aromatic N) is 6. The Bertz CT molecular complexity index is 1980. The monoisotopic (exact) mass is 716 g/mol. The van der Waals surface area contributed by atoms with Crippen molar-refractivity contribution < 1.29 is 40.3 Å². The first-order valence-corrected chi connectivity index (χ1v) is 16.0. The lowest BCUT2D eigenvalue weighted by molar-refractivity contribution is -0.140. The Morgan fingerprint density at radius 3 is 2.47 bits per heavy atom. The van der Waals surface area contributed by atoms with E-state index in [-0.39, 0.29) is 24.2 Å². The maximum atomic E-state index is 14.2. The van der Waals surface area contributed by atoms with Crippen LogP contribution in [-0.4, -0.2) is 53.5 Å². The number of halogens is 7. The van der Waals surface area contributed by atoms with Gasteiger partial charge in [0.1, 0.15) is 11.4 Å². The molecule has 2 aliphatic rings. The van der Waals surface area contributed by atoms with Crippen molar-refractivity contribution in [3.8, 4) is 11.4 Å². The van der Waals surface area contributed by atoms with Crippen LogP contribution in [0.4, 0.5) is 30.7 Å². The van der Waals surface area contributed by atoms with Crippen LogP contribution >= 0.6 is 0 Å². The van der Waals surface area contributed by atoms with Gasteiger partial charge in [-0.15, -0.1) is 0 Å². The van der Waals surface area contributed by atoms with E-state index in [0.29, 0.717) is 35.3 Å². The number of aryl methyl sites for hydroxylation is 1. The predicted octanol–water partition coefficient (Wildman–Crippen LogP) is 6.56. The van der Waals surface area contributed by atoms with Crippen LogP contribution in [0.2, 0.25) is 0 Å². The van der Waals surface area contributed by atoms with E-state index in [1.54, 1.807) is 17.1 Å². The number of carbonyl (C=O) groups excluding carboxylic acids is 2. The molecule has 2 aromatic heterocycles. The first-order valence-electron chi connectivity index (χ1n) is 16.0. The first kappa shape index (κ1) is 35.5. The van der Waals surface area contributed by atoms with Crippen LogP contribution in [0.25, 0.3) is 11.4 Å². The average molecular weight is 717 g/mol. The minimum atomic E-state index is -4.92. The largest absolute Gasteiger partial charge is 0.417 e. The van der Waals surface area contributed by atoms with E-state index in [9.17, 15) is 40.3 Å². The molecule has 1 fully saturated rings. The molecule has 4 heterocycles. The molecule has 0 aliphatic carbocycles. The SMILES string of the molecule is CCCn1cc(-c2ncc3c(n2)CN(C(=O)c2cc(CN4C(=N)N[C@](CCCC(F)(F)F)(c5ccc(F)cc5)C4=O)ccc2C(F)(F)F)C3)cn1. The Kier molecular flexibility index (Phi) is 9.33. The molecule has 0 radical (unpaired) electrons. The fourth-order valence-corrected chi connectivity index (χ4v) is 6.34. The molecule has 1 atom stereocenters. The highest BCUT2D eigenvalue weighted by molar-refractivity contribution is 6.08. The highest BCUT2D eigenvalue weighted by atomic mass is 19.4. The number of hydrogen-bond donors (Lipinski definition) is 2. The summed E-state index contributed by atoms with van der Waals surface area (Å²) in [5.41, 5.74) is -1.94. The molecule has 268 valence electrons. The fraction of sp³-hybridized carbons (Fsp3) is 0.353. The van der Waals surface area contributed by atoms with Crippen molar-refractivity contribution in [2.45, 2.75) is 76.7 Å². The molecule has 0 saturated carbocycles. The number of fused-ring (bicyclic) bond motifs is 1. The lowest BCUT2D eigenvalue weighted by Crippen LogP contribution is -2.44. The van der Waals surface area contributed by atoms with Crippen LogP contribution in [-0.2, 0) is 42.7 Å². The van der Waals surface area contributed by atoms with Gasteiger partial charge >= 0.3 is 12.4 Å². The van der Waals surface area contributed by atoms with Crippen molar-refractivity contribution >= 4 is 17.8 Å². The Labute approximate surface area is 286 Å². The van der Waals surface area contributed by atoms with Gasteiger partial charge in [-0.2, -0.15) is 31.4 Å². The highest BCUT2D eigenvalue weighted by Crippen LogP contribution is 2.38. The second kappa shape index (κ2) is 13.4. The van der Waals surface area contributed by atoms with Crippen LogP contribution in [0.15, 0.2) is 61.1 Å². The van der Waals surface area contributed by atoms with Crippen LogP contribution in [0.5, 0.6) is 0 Å². The van der Waals surface area contributed by atoms with Gasteiger partial charge in [0.2, 0.25) is 0 Å². The second-order valence-electron chi connectivity index (χ2n) is 12.4. The van der Waals surface area contributed by atoms with Gasteiger partial charge in [-0.3, -0.25) is 24.6 Å². The summed E-state index contributed by atoms with van der Waals surface area (Å²) in [6, 6.07) is 7.28. The lowest BCUT2D eigenvalue weighted by Gasteiger charge is -2.28. The molecule has 0 spiro atoms. The summed E-state index contributed by atoms with van der Waals surface area (Å²) in [4.78, 5) is 38.6. The standard InChI is InChI=1S/C34H31F7N8O2/c1-2-12-48-18-22(15-44-48)28-43-14-21-17-47(19-27(21)45-28)29(50)25-13-20(4-9-26(25)34(39,40)41)16-49-30(51)32(46-31(49)42,10-3-11-33(36,37)38)23-5-7-24(35)8-6-23/h4-9,13-15,18H,2-3,10-12,16-17,19H2,1H3,(H2,42,46)/t32-/m1/s1. The van der Waals surface area contributed by atoms with Gasteiger partial charge in [-0.1, -0.05) is 25.1 Å². The molecule has 1 saturated heterocycles. The summed E-state index contributed by atoms with van der Waals surface area (Å²) in [6.45, 7) is 2.06. The second-order valence-corrected chi connectivity index (χ2v) is 12.4. The summed E-state index contributed by atoms with van der Waals surface area (Å²) < 4.78 is 97.3. The molecule has 2 aliphatic heterocycles. The third-order valence-corrected chi connectivity index (χ3v) is 8.81. The lowest BCUT2D eigenvalue weighted by atomic mass is 9.84. The normalized spacial score (nSPS) is 17.6. The number of alkyl halides is 6. The van der Waals surface area contributed by atoms with Crippen LogP contribution < -0.4 is 5.32 Å². The number of rotatable bonds is 10. The van der Waals surface area contributed by atoms with Crippen molar-refractivity contribution in [3.63, 3.8) is 0 Å². The third-order valence-electron chi connectivity index (χ3n) is 8.81. The number of benzene rings is 2. The summed E-state index contributed by atoms with van der Waals surface area (Å²) in [6.07, 6.45) is -5.83. The minimum Gasteiger partial charge on any atom is -0.338 e. The maximum Gasteiger partial charge on any atom is 0.417 e. The van der Waals surface area contributed by atoms with E-state index in [2.05, 4.69) is 20.4 Å². The van der Waals surface area contributed by atoms with Gasteiger partial charge in [-0.25, -0.2) is 14.4 Å². The summed E-state index contributed by atoms with van der Waals surface area (Å²) in [7, 11) is 0. The topological polar surface area (TPSA) is 120 Å². The molecule has 6 rings (SSSR count). The molecule has 0 bridgehead atoms. The van der Waals surface area contributed by atoms with Crippen LogP contribution in [0, 0.1) is 11.2 Å². The smallest absolute Gasteiger partial charge is 0.338 e. The molecule has 17 heteroatoms. The molecule has 51 heavy (non-hydrogen) atoms. The zero-order valence-electron chi connectivity index (χ0n) is 27.1. The zero-order chi connectivity index (χ0) is 36.7. The zero-order valence-corrected chi connectivity index (χ0v) is 27.1. The van der Waals surface area contributed by atoms with Crippen molar-refractivity contribution in [1.82, 2.24) is 34.9 Å². The van der Waals surface area contributed by atoms with E-state index in [1.807, 2.05) is 6.92 Å². The molecule has 2 N–H and O–H groups in total. The van der Waals surface area contributed by atoms with Crippen LogP contribution in [0.3, 0.4) is 0 Å². The van der Waals surface area contributed by atoms with E-state index < -0.39 is 78.4 Å². The average Bonchev–Trinajstić information content (AvgIpc) is 3.77. The third kappa shape index (κ3) is 7.28. The molecule has 10 nitrogen and oxygen atoms in total. The van der Waals surface area contributed by atoms with E-state index in [4.69, 9.17) is 5.41 Å². The highest BCUT2D eigenvalue weighted by Gasteiger charge is 2.51. The predicted molar refractivity (Wildman–Crippen MR) is 168 cm³/mol. The van der Waals surface area contributed by atoms with Crippen LogP contribution in [0.1, 0.15) is 70.9 Å². The van der Waals surface area contributed by atoms with Crippen molar-refractivity contribution in [2.24, 2.45) is 0 Å². The van der Waals surface area contributed by atoms with Crippen molar-refractivity contribution in [3.05, 3.63) is 100 Å². The number of nitrogens with one attached hydrogen (secondary N) is 2. The van der Waals surface area contributed by atoms with Crippen molar-refractivity contribution in [1.29, 1.82) is 5.41 Å². The van der Waals surface area contributed by atoms with Crippen molar-refractivity contribution in [2.75, 3.05) is 0 Å². The first-order chi connectivity index (χ1) is 24.1. The Morgan fingerprint density at radius 1 is 1.04 bits per heavy atom. The summed E-state index contributed by atoms with van der Waals surface area (Å²) in [5.74, 6) is -2.62. The molecular formula is C34H31F7N8O2. The molecular weight excluding hydrogens is 685 g/mol. The van der Waals surface area contributed by atoms with E-state index in [1.165, 1.54) is 23.2 Å². The molecule has 4 aromatic rings. The van der Waals surface area contributed by atoms with Gasteiger partial charge in [0, 0.05) is 37.5 Å². The number of hydrogen-bond acceptors (Lipinski definition) is 6. The van der Waals surface area contributed by atoms with Gasteiger partial charge in [0.05, 0.1) is 41.7 Å². The summed E-state index contributed by atoms with van der Waals surface area (Å²) in [5, 5.41) is 15.4. The maximum absolute atomic E-state index is 14.2. The number of aromatic nitrogens is 4. The van der Waals surface area contributed by atoms with Gasteiger partial charge in [-0.05, 0) is 54.7 Å². The Hall–Kier alpha value is -5.35.